The van der Waals surface area contributed by atoms with Crippen LogP contribution in [0.15, 0.2) is 46.3 Å². The maximum atomic E-state index is 13.0. The van der Waals surface area contributed by atoms with Crippen molar-refractivity contribution in [2.45, 2.75) is 45.7 Å². The standard InChI is InChI=1S/C23H28N4O2S/c1-3-19(17-10-8-16(2)9-11-17)24-23(28)18-6-4-12-27(14-18)15-21-25-22(26-29-21)20-7-5-13-30-20/h5,7-11,13,18-19H,3-4,6,12,14-15H2,1-2H3,(H,24,28). The van der Waals surface area contributed by atoms with E-state index in [0.29, 0.717) is 24.8 Å². The summed E-state index contributed by atoms with van der Waals surface area (Å²) in [5, 5.41) is 9.35. The van der Waals surface area contributed by atoms with Gasteiger partial charge in [0.05, 0.1) is 23.4 Å². The number of nitrogens with zero attached hydrogens (tertiary/aromatic N) is 3. The molecule has 2 atom stereocenters. The fourth-order valence-corrected chi connectivity index (χ4v) is 4.59. The van der Waals surface area contributed by atoms with Crippen molar-refractivity contribution in [3.63, 3.8) is 0 Å². The van der Waals surface area contributed by atoms with Gasteiger partial charge in [-0.2, -0.15) is 4.98 Å². The molecule has 0 aliphatic carbocycles. The highest BCUT2D eigenvalue weighted by atomic mass is 32.1. The van der Waals surface area contributed by atoms with Gasteiger partial charge in [-0.1, -0.05) is 48.0 Å². The third-order valence-corrected chi connectivity index (χ3v) is 6.52. The van der Waals surface area contributed by atoms with Gasteiger partial charge in [-0.15, -0.1) is 11.3 Å². The second kappa shape index (κ2) is 9.53. The Kier molecular flexibility index (Phi) is 6.59. The minimum absolute atomic E-state index is 0.0158. The maximum absolute atomic E-state index is 13.0. The van der Waals surface area contributed by atoms with Crippen LogP contribution in [0.2, 0.25) is 0 Å². The molecule has 3 heterocycles. The molecule has 1 amide bonds. The lowest BCUT2D eigenvalue weighted by Gasteiger charge is -2.32. The lowest BCUT2D eigenvalue weighted by atomic mass is 9.95. The van der Waals surface area contributed by atoms with E-state index in [1.165, 1.54) is 5.56 Å². The topological polar surface area (TPSA) is 71.3 Å². The Hall–Kier alpha value is -2.51. The molecule has 2 unspecified atom stereocenters. The Balaban J connectivity index is 1.35. The number of hydrogen-bond donors (Lipinski definition) is 1. The number of hydrogen-bond acceptors (Lipinski definition) is 6. The van der Waals surface area contributed by atoms with Gasteiger partial charge in [0.25, 0.3) is 0 Å². The fraction of sp³-hybridized carbons (Fsp3) is 0.435. The van der Waals surface area contributed by atoms with Crippen LogP contribution >= 0.6 is 11.3 Å². The summed E-state index contributed by atoms with van der Waals surface area (Å²) in [6.07, 6.45) is 2.78. The number of thiophene rings is 1. The number of carbonyl (C=O) groups is 1. The first-order chi connectivity index (χ1) is 14.6. The first kappa shape index (κ1) is 20.8. The van der Waals surface area contributed by atoms with Crippen LogP contribution in [0.5, 0.6) is 0 Å². The number of benzene rings is 1. The lowest BCUT2D eigenvalue weighted by molar-refractivity contribution is -0.127. The molecule has 0 radical (unpaired) electrons. The molecule has 1 aliphatic heterocycles. The molecular formula is C23H28N4O2S. The minimum atomic E-state index is -0.0158. The van der Waals surface area contributed by atoms with E-state index in [1.807, 2.05) is 17.5 Å². The van der Waals surface area contributed by atoms with Gasteiger partial charge < -0.3 is 9.84 Å². The normalized spacial score (nSPS) is 18.3. The predicted molar refractivity (Wildman–Crippen MR) is 118 cm³/mol. The molecule has 4 rings (SSSR count). The molecule has 1 saturated heterocycles. The van der Waals surface area contributed by atoms with Crippen LogP contribution in [0.1, 0.15) is 49.2 Å². The van der Waals surface area contributed by atoms with Crippen molar-refractivity contribution in [3.05, 3.63) is 58.8 Å². The van der Waals surface area contributed by atoms with Crippen LogP contribution in [-0.2, 0) is 11.3 Å². The van der Waals surface area contributed by atoms with Gasteiger partial charge in [0, 0.05) is 6.54 Å². The molecule has 1 aromatic carbocycles. The van der Waals surface area contributed by atoms with Gasteiger partial charge in [0.2, 0.25) is 17.6 Å². The summed E-state index contributed by atoms with van der Waals surface area (Å²) < 4.78 is 5.44. The summed E-state index contributed by atoms with van der Waals surface area (Å²) in [5.74, 6) is 1.36. The van der Waals surface area contributed by atoms with Crippen LogP contribution < -0.4 is 5.32 Å². The molecule has 158 valence electrons. The Bertz CT molecular complexity index is 952. The molecule has 0 spiro atoms. The summed E-state index contributed by atoms with van der Waals surface area (Å²) in [7, 11) is 0. The molecule has 2 aromatic heterocycles. The van der Waals surface area contributed by atoms with E-state index in [1.54, 1.807) is 11.3 Å². The van der Waals surface area contributed by atoms with Crippen molar-refractivity contribution in [2.75, 3.05) is 13.1 Å². The number of aryl methyl sites for hydroxylation is 1. The van der Waals surface area contributed by atoms with E-state index in [4.69, 9.17) is 4.52 Å². The molecule has 3 aromatic rings. The van der Waals surface area contributed by atoms with Crippen molar-refractivity contribution in [1.82, 2.24) is 20.4 Å². The number of piperidine rings is 1. The van der Waals surface area contributed by atoms with Crippen LogP contribution in [0.3, 0.4) is 0 Å². The monoisotopic (exact) mass is 424 g/mol. The van der Waals surface area contributed by atoms with Crippen molar-refractivity contribution in [3.8, 4) is 10.7 Å². The summed E-state index contributed by atoms with van der Waals surface area (Å²) in [5.41, 5.74) is 2.39. The Morgan fingerprint density at radius 1 is 1.33 bits per heavy atom. The third-order valence-electron chi connectivity index (χ3n) is 5.65. The zero-order valence-corrected chi connectivity index (χ0v) is 18.3. The number of amides is 1. The second-order valence-corrected chi connectivity index (χ2v) is 8.89. The molecule has 0 bridgehead atoms. The fourth-order valence-electron chi connectivity index (χ4n) is 3.94. The van der Waals surface area contributed by atoms with E-state index in [-0.39, 0.29) is 17.9 Å². The number of aromatic nitrogens is 2. The molecule has 6 nitrogen and oxygen atoms in total. The van der Waals surface area contributed by atoms with Gasteiger partial charge >= 0.3 is 0 Å². The minimum Gasteiger partial charge on any atom is -0.349 e. The predicted octanol–water partition coefficient (Wildman–Crippen LogP) is 4.59. The van der Waals surface area contributed by atoms with Crippen LogP contribution in [-0.4, -0.2) is 34.0 Å². The summed E-state index contributed by atoms with van der Waals surface area (Å²) in [6, 6.07) is 12.4. The number of nitrogens with one attached hydrogen (secondary N) is 1. The number of likely N-dealkylation sites (tertiary alicyclic amines) is 1. The highest BCUT2D eigenvalue weighted by Gasteiger charge is 2.28. The van der Waals surface area contributed by atoms with Crippen LogP contribution in [0.4, 0.5) is 0 Å². The van der Waals surface area contributed by atoms with Crippen molar-refractivity contribution in [2.24, 2.45) is 5.92 Å². The average Bonchev–Trinajstić information content (AvgIpc) is 3.45. The van der Waals surface area contributed by atoms with Crippen molar-refractivity contribution < 1.29 is 9.32 Å². The van der Waals surface area contributed by atoms with E-state index in [2.05, 4.69) is 58.5 Å². The SMILES string of the molecule is CCC(NC(=O)C1CCCN(Cc2nc(-c3cccs3)no2)C1)c1ccc(C)cc1. The Morgan fingerprint density at radius 3 is 2.90 bits per heavy atom. The zero-order valence-electron chi connectivity index (χ0n) is 17.5. The molecule has 30 heavy (non-hydrogen) atoms. The molecule has 0 saturated carbocycles. The summed E-state index contributed by atoms with van der Waals surface area (Å²) in [4.78, 5) is 20.7. The number of carbonyl (C=O) groups excluding carboxylic acids is 1. The van der Waals surface area contributed by atoms with Crippen molar-refractivity contribution in [1.29, 1.82) is 0 Å². The second-order valence-electron chi connectivity index (χ2n) is 7.94. The largest absolute Gasteiger partial charge is 0.349 e. The highest BCUT2D eigenvalue weighted by molar-refractivity contribution is 7.13. The number of rotatable bonds is 7. The van der Waals surface area contributed by atoms with Gasteiger partial charge in [-0.25, -0.2) is 0 Å². The Morgan fingerprint density at radius 2 is 2.17 bits per heavy atom. The summed E-state index contributed by atoms with van der Waals surface area (Å²) in [6.45, 7) is 6.42. The first-order valence-corrected chi connectivity index (χ1v) is 11.5. The summed E-state index contributed by atoms with van der Waals surface area (Å²) >= 11 is 1.59. The molecule has 1 aliphatic rings. The van der Waals surface area contributed by atoms with E-state index in [9.17, 15) is 4.79 Å². The quantitative estimate of drug-likeness (QED) is 0.601. The van der Waals surface area contributed by atoms with Gasteiger partial charge in [0.1, 0.15) is 0 Å². The molecule has 1 fully saturated rings. The molecular weight excluding hydrogens is 396 g/mol. The Labute approximate surface area is 181 Å². The average molecular weight is 425 g/mol. The van der Waals surface area contributed by atoms with E-state index >= 15 is 0 Å². The molecule has 1 N–H and O–H groups in total. The highest BCUT2D eigenvalue weighted by Crippen LogP contribution is 2.24. The van der Waals surface area contributed by atoms with Gasteiger partial charge in [0.15, 0.2) is 0 Å². The van der Waals surface area contributed by atoms with Crippen LogP contribution in [0.25, 0.3) is 10.7 Å². The van der Waals surface area contributed by atoms with Crippen LogP contribution in [0, 0.1) is 12.8 Å². The lowest BCUT2D eigenvalue weighted by Crippen LogP contribution is -2.43. The third kappa shape index (κ3) is 4.96. The maximum Gasteiger partial charge on any atom is 0.241 e. The van der Waals surface area contributed by atoms with E-state index in [0.717, 1.165) is 36.2 Å². The van der Waals surface area contributed by atoms with Crippen molar-refractivity contribution >= 4 is 17.2 Å². The van der Waals surface area contributed by atoms with Gasteiger partial charge in [-0.05, 0) is 49.7 Å². The van der Waals surface area contributed by atoms with Gasteiger partial charge in [-0.3, -0.25) is 9.69 Å². The smallest absolute Gasteiger partial charge is 0.241 e. The van der Waals surface area contributed by atoms with E-state index < -0.39 is 0 Å². The molecule has 7 heteroatoms. The first-order valence-electron chi connectivity index (χ1n) is 10.6. The zero-order chi connectivity index (χ0) is 20.9.